The molecule has 0 atom stereocenters. The maximum Gasteiger partial charge on any atom is 0.224 e. The van der Waals surface area contributed by atoms with Gasteiger partial charge in [0.25, 0.3) is 0 Å². The molecule has 0 aliphatic heterocycles. The summed E-state index contributed by atoms with van der Waals surface area (Å²) in [6.45, 7) is 6.61. The molecule has 14 heavy (non-hydrogen) atoms. The number of rotatable bonds is 3. The molecule has 0 bridgehead atoms. The highest BCUT2D eigenvalue weighted by Crippen LogP contribution is 2.15. The van der Waals surface area contributed by atoms with Crippen LogP contribution in [0.1, 0.15) is 9.80 Å². The predicted molar refractivity (Wildman–Crippen MR) is 64.9 cm³/mol. The largest absolute Gasteiger partial charge is 0.288 e. The summed E-state index contributed by atoms with van der Waals surface area (Å²) in [4.78, 5) is 14.4. The molecule has 1 heterocycles. The second kappa shape index (κ2) is 4.31. The second-order valence-corrected chi connectivity index (χ2v) is 11.5. The Bertz CT molecular complexity index is 345. The number of aromatic nitrogens is 1. The molecule has 0 aliphatic rings. The SMILES string of the molecule is C[Si](C)(C)c1cnc(C(=O)C(Cl)Cl)s1. The van der Waals surface area contributed by atoms with Crippen LogP contribution in [-0.4, -0.2) is 23.7 Å². The van der Waals surface area contributed by atoms with Gasteiger partial charge in [0.1, 0.15) is 0 Å². The van der Waals surface area contributed by atoms with Crippen LogP contribution in [0.3, 0.4) is 0 Å². The first-order valence-electron chi connectivity index (χ1n) is 4.11. The van der Waals surface area contributed by atoms with Gasteiger partial charge >= 0.3 is 0 Å². The number of alkyl halides is 2. The van der Waals surface area contributed by atoms with E-state index in [4.69, 9.17) is 23.2 Å². The number of thiazole rings is 1. The van der Waals surface area contributed by atoms with Crippen LogP contribution in [0, 0.1) is 0 Å². The van der Waals surface area contributed by atoms with Gasteiger partial charge in [0, 0.05) is 10.7 Å². The van der Waals surface area contributed by atoms with Crippen LogP contribution in [0.4, 0.5) is 0 Å². The van der Waals surface area contributed by atoms with Crippen LogP contribution >= 0.6 is 34.5 Å². The molecule has 78 valence electrons. The van der Waals surface area contributed by atoms with Crippen LogP contribution in [0.5, 0.6) is 0 Å². The molecule has 0 unspecified atom stereocenters. The first-order valence-corrected chi connectivity index (χ1v) is 9.30. The van der Waals surface area contributed by atoms with Gasteiger partial charge in [-0.15, -0.1) is 11.3 Å². The molecule has 1 rings (SSSR count). The fourth-order valence-corrected chi connectivity index (χ4v) is 3.77. The normalized spacial score (nSPS) is 12.1. The van der Waals surface area contributed by atoms with Gasteiger partial charge in [-0.1, -0.05) is 42.8 Å². The maximum atomic E-state index is 11.4. The van der Waals surface area contributed by atoms with Gasteiger partial charge in [0.2, 0.25) is 5.78 Å². The van der Waals surface area contributed by atoms with Gasteiger partial charge < -0.3 is 0 Å². The molecule has 0 saturated heterocycles. The lowest BCUT2D eigenvalue weighted by Crippen LogP contribution is -2.34. The minimum absolute atomic E-state index is 0.303. The van der Waals surface area contributed by atoms with E-state index in [1.54, 1.807) is 6.20 Å². The van der Waals surface area contributed by atoms with Crippen LogP contribution in [0.2, 0.25) is 19.6 Å². The minimum Gasteiger partial charge on any atom is -0.288 e. The number of carbonyl (C=O) groups is 1. The third kappa shape index (κ3) is 2.79. The highest BCUT2D eigenvalue weighted by molar-refractivity contribution is 7.27. The molecule has 0 radical (unpaired) electrons. The zero-order valence-electron chi connectivity index (χ0n) is 8.17. The highest BCUT2D eigenvalue weighted by atomic mass is 35.5. The molecule has 0 spiro atoms. The fraction of sp³-hybridized carbons (Fsp3) is 0.500. The third-order valence-corrected chi connectivity index (χ3v) is 6.63. The van der Waals surface area contributed by atoms with Crippen molar-refractivity contribution in [1.82, 2.24) is 4.98 Å². The highest BCUT2D eigenvalue weighted by Gasteiger charge is 2.23. The Balaban J connectivity index is 2.95. The zero-order valence-corrected chi connectivity index (χ0v) is 11.5. The Morgan fingerprint density at radius 2 is 2.07 bits per heavy atom. The van der Waals surface area contributed by atoms with Crippen molar-refractivity contribution in [2.45, 2.75) is 24.5 Å². The predicted octanol–water partition coefficient (Wildman–Crippen LogP) is 2.67. The van der Waals surface area contributed by atoms with Crippen molar-refractivity contribution in [2.75, 3.05) is 0 Å². The summed E-state index contributed by atoms with van der Waals surface area (Å²) in [6, 6.07) is 0. The van der Waals surface area contributed by atoms with E-state index < -0.39 is 12.9 Å². The van der Waals surface area contributed by atoms with Crippen LogP contribution in [0.15, 0.2) is 6.20 Å². The van der Waals surface area contributed by atoms with Gasteiger partial charge in [-0.3, -0.25) is 4.79 Å². The third-order valence-electron chi connectivity index (χ3n) is 1.65. The first kappa shape index (κ1) is 12.2. The molecule has 1 aromatic heterocycles. The lowest BCUT2D eigenvalue weighted by atomic mass is 10.5. The standard InChI is InChI=1S/C8H11Cl2NOSSi/c1-14(2,3)5-4-11-8(13-5)6(12)7(9)10/h4,7H,1-3H3. The van der Waals surface area contributed by atoms with E-state index in [9.17, 15) is 4.79 Å². The van der Waals surface area contributed by atoms with Crippen molar-refractivity contribution in [3.05, 3.63) is 11.2 Å². The number of ketones is 1. The van der Waals surface area contributed by atoms with Crippen LogP contribution in [0.25, 0.3) is 0 Å². The van der Waals surface area contributed by atoms with Gasteiger partial charge in [0.15, 0.2) is 9.84 Å². The van der Waals surface area contributed by atoms with Gasteiger partial charge in [-0.2, -0.15) is 0 Å². The molecule has 0 N–H and O–H groups in total. The number of nitrogens with zero attached hydrogens (tertiary/aromatic N) is 1. The molecular weight excluding hydrogens is 257 g/mol. The first-order chi connectivity index (χ1) is 6.32. The summed E-state index contributed by atoms with van der Waals surface area (Å²) in [5.41, 5.74) is 0. The van der Waals surface area contributed by atoms with E-state index in [2.05, 4.69) is 24.6 Å². The summed E-state index contributed by atoms with van der Waals surface area (Å²) in [5.74, 6) is -0.303. The molecule has 2 nitrogen and oxygen atoms in total. The molecule has 0 aliphatic carbocycles. The van der Waals surface area contributed by atoms with E-state index in [0.717, 1.165) is 0 Å². The summed E-state index contributed by atoms with van der Waals surface area (Å²) < 4.78 is 1.19. The summed E-state index contributed by atoms with van der Waals surface area (Å²) in [6.07, 6.45) is 1.76. The fourth-order valence-electron chi connectivity index (χ4n) is 0.828. The van der Waals surface area contributed by atoms with Crippen molar-refractivity contribution >= 4 is 52.9 Å². The van der Waals surface area contributed by atoms with Crippen molar-refractivity contribution in [2.24, 2.45) is 0 Å². The number of carbonyl (C=O) groups excluding carboxylic acids is 1. The summed E-state index contributed by atoms with van der Waals surface area (Å²) in [7, 11) is -1.38. The van der Waals surface area contributed by atoms with Crippen LogP contribution in [-0.2, 0) is 0 Å². The molecule has 0 amide bonds. The molecule has 6 heteroatoms. The van der Waals surface area contributed by atoms with Crippen molar-refractivity contribution in [1.29, 1.82) is 0 Å². The second-order valence-electron chi connectivity index (χ2n) is 3.94. The number of halogens is 2. The Morgan fingerprint density at radius 3 is 2.43 bits per heavy atom. The molecule has 1 aromatic rings. The van der Waals surface area contributed by atoms with Crippen LogP contribution < -0.4 is 4.50 Å². The van der Waals surface area contributed by atoms with Gasteiger partial charge in [0.05, 0.1) is 8.07 Å². The van der Waals surface area contributed by atoms with Crippen molar-refractivity contribution in [3.8, 4) is 0 Å². The molecular formula is C8H11Cl2NOSSi. The summed E-state index contributed by atoms with van der Waals surface area (Å²) >= 11 is 12.4. The molecule has 0 aromatic carbocycles. The summed E-state index contributed by atoms with van der Waals surface area (Å²) in [5, 5.41) is 0.414. The minimum atomic E-state index is -1.38. The Hall–Kier alpha value is 0.0969. The number of hydrogen-bond acceptors (Lipinski definition) is 3. The van der Waals surface area contributed by atoms with E-state index in [1.807, 2.05) is 0 Å². The van der Waals surface area contributed by atoms with Crippen molar-refractivity contribution < 1.29 is 4.79 Å². The Labute approximate surface area is 98.3 Å². The zero-order chi connectivity index (χ0) is 10.9. The molecule has 0 fully saturated rings. The van der Waals surface area contributed by atoms with E-state index in [-0.39, 0.29) is 5.78 Å². The number of hydrogen-bond donors (Lipinski definition) is 0. The average molecular weight is 268 g/mol. The quantitative estimate of drug-likeness (QED) is 0.479. The lowest BCUT2D eigenvalue weighted by molar-refractivity contribution is 0.101. The molecule has 0 saturated carbocycles. The van der Waals surface area contributed by atoms with E-state index in [0.29, 0.717) is 5.01 Å². The lowest BCUT2D eigenvalue weighted by Gasteiger charge is -2.11. The average Bonchev–Trinajstić information content (AvgIpc) is 2.49. The van der Waals surface area contributed by atoms with E-state index in [1.165, 1.54) is 15.8 Å². The maximum absolute atomic E-state index is 11.4. The van der Waals surface area contributed by atoms with Gasteiger partial charge in [-0.25, -0.2) is 4.98 Å². The smallest absolute Gasteiger partial charge is 0.224 e. The number of Topliss-reactive ketones (excluding diaryl/α,β-unsaturated/α-hetero) is 1. The van der Waals surface area contributed by atoms with Crippen molar-refractivity contribution in [3.63, 3.8) is 0 Å². The van der Waals surface area contributed by atoms with Gasteiger partial charge in [-0.05, 0) is 0 Å². The monoisotopic (exact) mass is 267 g/mol. The van der Waals surface area contributed by atoms with E-state index >= 15 is 0 Å². The Morgan fingerprint density at radius 1 is 1.50 bits per heavy atom. The topological polar surface area (TPSA) is 30.0 Å². The Kier molecular flexibility index (Phi) is 3.74.